The molecule has 39 heavy (non-hydrogen) atoms. The summed E-state index contributed by atoms with van der Waals surface area (Å²) in [7, 11) is 2.93. The summed E-state index contributed by atoms with van der Waals surface area (Å²) < 4.78 is 13.6. The van der Waals surface area contributed by atoms with E-state index in [2.05, 4.69) is 0 Å². The van der Waals surface area contributed by atoms with Crippen molar-refractivity contribution in [2.24, 2.45) is 17.6 Å². The molecule has 0 bridgehead atoms. The van der Waals surface area contributed by atoms with Crippen LogP contribution in [-0.2, 0) is 9.59 Å². The number of carbonyl (C=O) groups is 3. The van der Waals surface area contributed by atoms with Gasteiger partial charge >= 0.3 is 0 Å². The summed E-state index contributed by atoms with van der Waals surface area (Å²) in [5.74, 6) is -10.1. The van der Waals surface area contributed by atoms with E-state index in [0.717, 1.165) is 0 Å². The highest BCUT2D eigenvalue weighted by Crippen LogP contribution is 2.56. The monoisotopic (exact) mass is 538 g/mol. The van der Waals surface area contributed by atoms with E-state index < -0.39 is 87.2 Å². The van der Waals surface area contributed by atoms with Gasteiger partial charge in [0.2, 0.25) is 5.78 Å². The number of nitrogens with two attached hydrogens (primary N) is 1. The first-order chi connectivity index (χ1) is 18.2. The van der Waals surface area contributed by atoms with Gasteiger partial charge < -0.3 is 31.3 Å². The van der Waals surface area contributed by atoms with Gasteiger partial charge in [-0.05, 0) is 54.9 Å². The van der Waals surface area contributed by atoms with Gasteiger partial charge in [0.1, 0.15) is 28.7 Å². The Bertz CT molecular complexity index is 1510. The van der Waals surface area contributed by atoms with Crippen LogP contribution in [0.5, 0.6) is 5.75 Å². The Morgan fingerprint density at radius 3 is 2.23 bits per heavy atom. The summed E-state index contributed by atoms with van der Waals surface area (Å²) in [6, 6.07) is 6.91. The summed E-state index contributed by atoms with van der Waals surface area (Å²) in [6.07, 6.45) is -1.70. The van der Waals surface area contributed by atoms with Crippen molar-refractivity contribution < 1.29 is 44.3 Å². The van der Waals surface area contributed by atoms with Gasteiger partial charge in [-0.1, -0.05) is 25.1 Å². The molecule has 0 aromatic heterocycles. The SMILES string of the molecule is CC1c2c(-c3ccc(F)cc3)ccc(O)c2C(=O)C2=C(O)C3(O)C(=O)C(C(N)=O)=C(O)C(N(C)C)C3C(O)C21. The number of likely N-dealkylation sites (N-methyl/N-ethyl adjacent to an activating group) is 1. The average Bonchev–Trinajstić information content (AvgIpc) is 2.86. The number of aliphatic hydroxyl groups is 4. The number of amides is 1. The maximum atomic E-state index is 13.9. The summed E-state index contributed by atoms with van der Waals surface area (Å²) in [5, 5.41) is 56.5. The number of fused-ring (bicyclic) bond motifs is 3. The van der Waals surface area contributed by atoms with E-state index in [1.54, 1.807) is 13.0 Å². The number of ketones is 2. The molecule has 2 aromatic rings. The first-order valence-corrected chi connectivity index (χ1v) is 12.2. The molecule has 0 aliphatic heterocycles. The molecule has 0 saturated carbocycles. The fourth-order valence-corrected chi connectivity index (χ4v) is 6.58. The van der Waals surface area contributed by atoms with Crippen molar-refractivity contribution in [2.45, 2.75) is 30.6 Å². The van der Waals surface area contributed by atoms with E-state index >= 15 is 0 Å². The van der Waals surface area contributed by atoms with Gasteiger partial charge in [-0.2, -0.15) is 0 Å². The Balaban J connectivity index is 1.81. The Labute approximate surface area is 222 Å². The summed E-state index contributed by atoms with van der Waals surface area (Å²) in [5.41, 5.74) is 2.00. The molecule has 1 amide bonds. The lowest BCUT2D eigenvalue weighted by atomic mass is 9.55. The Kier molecular flexibility index (Phi) is 5.94. The molecular formula is C28H27FN2O8. The van der Waals surface area contributed by atoms with Crippen molar-refractivity contribution in [1.82, 2.24) is 4.90 Å². The van der Waals surface area contributed by atoms with Crippen molar-refractivity contribution in [1.29, 1.82) is 0 Å². The van der Waals surface area contributed by atoms with Crippen LogP contribution < -0.4 is 5.73 Å². The van der Waals surface area contributed by atoms with Gasteiger partial charge in [-0.15, -0.1) is 0 Å². The number of primary amides is 1. The molecule has 6 unspecified atom stereocenters. The largest absolute Gasteiger partial charge is 0.510 e. The molecule has 0 heterocycles. The maximum Gasteiger partial charge on any atom is 0.255 e. The van der Waals surface area contributed by atoms with E-state index in [4.69, 9.17) is 5.73 Å². The molecule has 10 nitrogen and oxygen atoms in total. The first kappa shape index (κ1) is 26.5. The molecule has 2 aromatic carbocycles. The number of benzene rings is 2. The van der Waals surface area contributed by atoms with Gasteiger partial charge in [0, 0.05) is 11.5 Å². The van der Waals surface area contributed by atoms with Gasteiger partial charge in [-0.25, -0.2) is 4.39 Å². The topological polar surface area (TPSA) is 182 Å². The number of phenols is 1. The van der Waals surface area contributed by atoms with Gasteiger partial charge in [0.25, 0.3) is 5.91 Å². The zero-order chi connectivity index (χ0) is 28.7. The van der Waals surface area contributed by atoms with Crippen molar-refractivity contribution in [3.63, 3.8) is 0 Å². The second-order valence-electron chi connectivity index (χ2n) is 10.5. The van der Waals surface area contributed by atoms with Gasteiger partial charge in [0.05, 0.1) is 23.6 Å². The number of nitrogens with zero attached hydrogens (tertiary/aromatic N) is 1. The zero-order valence-corrected chi connectivity index (χ0v) is 21.2. The summed E-state index contributed by atoms with van der Waals surface area (Å²) in [4.78, 5) is 40.8. The van der Waals surface area contributed by atoms with Crippen LogP contribution in [0.1, 0.15) is 28.8 Å². The smallest absolute Gasteiger partial charge is 0.255 e. The molecule has 0 fully saturated rings. The number of aliphatic hydroxyl groups excluding tert-OH is 3. The number of phenolic OH excluding ortho intramolecular Hbond substituents is 1. The second kappa shape index (κ2) is 8.73. The van der Waals surface area contributed by atoms with E-state index in [0.29, 0.717) is 16.7 Å². The van der Waals surface area contributed by atoms with Crippen LogP contribution in [0.4, 0.5) is 4.39 Å². The third-order valence-corrected chi connectivity index (χ3v) is 8.26. The molecular weight excluding hydrogens is 511 g/mol. The van der Waals surface area contributed by atoms with E-state index in [9.17, 15) is 44.3 Å². The lowest BCUT2D eigenvalue weighted by Crippen LogP contribution is -2.68. The third kappa shape index (κ3) is 3.40. The number of hydrogen-bond donors (Lipinski definition) is 6. The molecule has 0 radical (unpaired) electrons. The summed E-state index contributed by atoms with van der Waals surface area (Å²) >= 11 is 0. The first-order valence-electron chi connectivity index (χ1n) is 12.2. The number of hydrogen-bond acceptors (Lipinski definition) is 9. The Morgan fingerprint density at radius 1 is 1.05 bits per heavy atom. The molecule has 5 rings (SSSR count). The van der Waals surface area contributed by atoms with Crippen LogP contribution in [0.25, 0.3) is 11.1 Å². The van der Waals surface area contributed by atoms with Crippen molar-refractivity contribution in [2.75, 3.05) is 14.1 Å². The highest BCUT2D eigenvalue weighted by atomic mass is 19.1. The highest BCUT2D eigenvalue weighted by Gasteiger charge is 2.67. The minimum Gasteiger partial charge on any atom is -0.510 e. The summed E-state index contributed by atoms with van der Waals surface area (Å²) in [6.45, 7) is 1.64. The van der Waals surface area contributed by atoms with Crippen LogP contribution in [0.3, 0.4) is 0 Å². The molecule has 11 heteroatoms. The molecule has 6 atom stereocenters. The lowest BCUT2D eigenvalue weighted by molar-refractivity contribution is -0.162. The number of halogens is 1. The van der Waals surface area contributed by atoms with E-state index in [-0.39, 0.29) is 5.56 Å². The number of Topliss-reactive ketones (excluding diaryl/α,β-unsaturated/α-hetero) is 2. The van der Waals surface area contributed by atoms with Crippen molar-refractivity contribution in [3.05, 3.63) is 76.0 Å². The van der Waals surface area contributed by atoms with Crippen LogP contribution in [0.2, 0.25) is 0 Å². The van der Waals surface area contributed by atoms with Crippen LogP contribution in [-0.4, -0.2) is 79.7 Å². The normalized spacial score (nSPS) is 30.3. The quantitative estimate of drug-likeness (QED) is 0.315. The predicted molar refractivity (Wildman–Crippen MR) is 135 cm³/mol. The average molecular weight is 539 g/mol. The number of aromatic hydroxyl groups is 1. The molecule has 204 valence electrons. The van der Waals surface area contributed by atoms with E-state index in [1.807, 2.05) is 0 Å². The van der Waals surface area contributed by atoms with Gasteiger partial charge in [-0.3, -0.25) is 19.3 Å². The predicted octanol–water partition coefficient (Wildman–Crippen LogP) is 1.46. The minimum absolute atomic E-state index is 0.211. The van der Waals surface area contributed by atoms with Crippen LogP contribution in [0.15, 0.2) is 59.1 Å². The standard InChI is InChI=1S/C28H27FN2O8/c1-10-15-13(11-4-6-12(29)7-5-11)8-9-14(32)17(15)22(33)18-16(10)23(34)20-21(31(2)3)24(35)19(27(30)38)26(37)28(20,39)25(18)36/h4-10,16,20-21,23,32,34-36,39H,1-3H3,(H2,30,38). The lowest BCUT2D eigenvalue weighted by Gasteiger charge is -2.53. The number of carbonyl (C=O) groups excluding carboxylic acids is 3. The third-order valence-electron chi connectivity index (χ3n) is 8.26. The molecule has 0 saturated heterocycles. The van der Waals surface area contributed by atoms with Crippen LogP contribution >= 0.6 is 0 Å². The van der Waals surface area contributed by atoms with Crippen molar-refractivity contribution >= 4 is 17.5 Å². The van der Waals surface area contributed by atoms with Crippen LogP contribution in [0, 0.1) is 17.7 Å². The molecule has 7 N–H and O–H groups in total. The molecule has 3 aliphatic carbocycles. The Hall–Kier alpha value is -4.06. The number of rotatable bonds is 3. The zero-order valence-electron chi connectivity index (χ0n) is 21.2. The fraction of sp³-hybridized carbons (Fsp3) is 0.321. The molecule has 0 spiro atoms. The molecule has 3 aliphatic rings. The van der Waals surface area contributed by atoms with Crippen molar-refractivity contribution in [3.8, 4) is 16.9 Å². The maximum absolute atomic E-state index is 13.9. The van der Waals surface area contributed by atoms with E-state index in [1.165, 1.54) is 49.3 Å². The fourth-order valence-electron chi connectivity index (χ4n) is 6.58. The minimum atomic E-state index is -2.98. The highest BCUT2D eigenvalue weighted by molar-refractivity contribution is 6.25. The Morgan fingerprint density at radius 2 is 1.67 bits per heavy atom. The second-order valence-corrected chi connectivity index (χ2v) is 10.5. The van der Waals surface area contributed by atoms with Gasteiger partial charge in [0.15, 0.2) is 11.4 Å².